The number of carbonyl (C=O) groups is 1. The molecule has 0 atom stereocenters. The van der Waals surface area contributed by atoms with Crippen LogP contribution in [0.3, 0.4) is 0 Å². The van der Waals surface area contributed by atoms with Gasteiger partial charge in [-0.15, -0.1) is 0 Å². The second-order valence-electron chi connectivity index (χ2n) is 4.74. The summed E-state index contributed by atoms with van der Waals surface area (Å²) in [7, 11) is 0. The van der Waals surface area contributed by atoms with E-state index in [-0.39, 0.29) is 5.91 Å². The van der Waals surface area contributed by atoms with Crippen LogP contribution in [0.15, 0.2) is 36.8 Å². The number of hydrogen-bond donors (Lipinski definition) is 2. The fraction of sp³-hybridized carbons (Fsp3) is 0.400. The zero-order valence-electron chi connectivity index (χ0n) is 12.2. The molecule has 2 aromatic rings. The van der Waals surface area contributed by atoms with Gasteiger partial charge in [0.1, 0.15) is 5.82 Å². The molecule has 0 aliphatic carbocycles. The molecule has 2 heterocycles. The highest BCUT2D eigenvalue weighted by Gasteiger charge is 2.06. The molecule has 0 radical (unpaired) electrons. The largest absolute Gasteiger partial charge is 0.370 e. The Labute approximate surface area is 124 Å². The smallest absolute Gasteiger partial charge is 0.251 e. The molecule has 0 saturated carbocycles. The van der Waals surface area contributed by atoms with E-state index in [4.69, 9.17) is 0 Å². The van der Waals surface area contributed by atoms with E-state index in [0.29, 0.717) is 12.1 Å². The van der Waals surface area contributed by atoms with Crippen molar-refractivity contribution in [1.82, 2.24) is 20.1 Å². The molecule has 0 saturated heterocycles. The summed E-state index contributed by atoms with van der Waals surface area (Å²) in [6.45, 7) is 4.36. The third-order valence-electron chi connectivity index (χ3n) is 2.99. The lowest BCUT2D eigenvalue weighted by Crippen LogP contribution is -2.25. The SMILES string of the molecule is CCCNc1cc(C(=O)NCCCn2cccn2)ccn1. The third kappa shape index (κ3) is 4.91. The molecule has 2 rings (SSSR count). The first-order chi connectivity index (χ1) is 10.3. The molecule has 6 nitrogen and oxygen atoms in total. The maximum Gasteiger partial charge on any atom is 0.251 e. The van der Waals surface area contributed by atoms with Gasteiger partial charge in [-0.2, -0.15) is 5.10 Å². The minimum absolute atomic E-state index is 0.0718. The Hall–Kier alpha value is -2.37. The lowest BCUT2D eigenvalue weighted by atomic mass is 10.2. The Morgan fingerprint density at radius 1 is 1.33 bits per heavy atom. The van der Waals surface area contributed by atoms with Crippen molar-refractivity contribution in [2.75, 3.05) is 18.4 Å². The van der Waals surface area contributed by atoms with Gasteiger partial charge in [0.25, 0.3) is 5.91 Å². The molecule has 1 amide bonds. The van der Waals surface area contributed by atoms with E-state index in [1.807, 2.05) is 16.9 Å². The molecule has 2 N–H and O–H groups in total. The molecule has 0 aliphatic rings. The summed E-state index contributed by atoms with van der Waals surface area (Å²) >= 11 is 0. The van der Waals surface area contributed by atoms with Crippen molar-refractivity contribution >= 4 is 11.7 Å². The lowest BCUT2D eigenvalue weighted by Gasteiger charge is -2.08. The summed E-state index contributed by atoms with van der Waals surface area (Å²) in [6, 6.07) is 5.39. The van der Waals surface area contributed by atoms with Crippen molar-refractivity contribution < 1.29 is 4.79 Å². The number of nitrogens with zero attached hydrogens (tertiary/aromatic N) is 3. The number of hydrogen-bond acceptors (Lipinski definition) is 4. The highest BCUT2D eigenvalue weighted by atomic mass is 16.1. The number of nitrogens with one attached hydrogen (secondary N) is 2. The predicted molar refractivity (Wildman–Crippen MR) is 82.2 cm³/mol. The summed E-state index contributed by atoms with van der Waals surface area (Å²) in [5.41, 5.74) is 0.627. The van der Waals surface area contributed by atoms with Crippen molar-refractivity contribution in [2.45, 2.75) is 26.3 Å². The maximum absolute atomic E-state index is 12.0. The van der Waals surface area contributed by atoms with Crippen LogP contribution in [0.25, 0.3) is 0 Å². The van der Waals surface area contributed by atoms with E-state index < -0.39 is 0 Å². The molecule has 0 bridgehead atoms. The van der Waals surface area contributed by atoms with Gasteiger partial charge in [-0.25, -0.2) is 4.98 Å². The van der Waals surface area contributed by atoms with Gasteiger partial charge in [-0.05, 0) is 31.0 Å². The van der Waals surface area contributed by atoms with Gasteiger partial charge in [0.15, 0.2) is 0 Å². The van der Waals surface area contributed by atoms with Gasteiger partial charge in [-0.3, -0.25) is 9.48 Å². The fourth-order valence-electron chi connectivity index (χ4n) is 1.90. The second-order valence-corrected chi connectivity index (χ2v) is 4.74. The Morgan fingerprint density at radius 3 is 3.00 bits per heavy atom. The molecule has 0 aromatic carbocycles. The quantitative estimate of drug-likeness (QED) is 0.728. The van der Waals surface area contributed by atoms with E-state index in [9.17, 15) is 4.79 Å². The number of carbonyl (C=O) groups excluding carboxylic acids is 1. The van der Waals surface area contributed by atoms with E-state index in [1.165, 1.54) is 0 Å². The molecule has 0 spiro atoms. The van der Waals surface area contributed by atoms with Crippen LogP contribution >= 0.6 is 0 Å². The Kier molecular flexibility index (Phi) is 5.75. The molecule has 0 aliphatic heterocycles. The van der Waals surface area contributed by atoms with Gasteiger partial charge in [0.2, 0.25) is 0 Å². The van der Waals surface area contributed by atoms with Crippen molar-refractivity contribution in [1.29, 1.82) is 0 Å². The number of pyridine rings is 1. The topological polar surface area (TPSA) is 71.8 Å². The summed E-state index contributed by atoms with van der Waals surface area (Å²) in [5.74, 6) is 0.665. The van der Waals surface area contributed by atoms with Gasteiger partial charge in [-0.1, -0.05) is 6.92 Å². The van der Waals surface area contributed by atoms with Crippen LogP contribution in [0, 0.1) is 0 Å². The van der Waals surface area contributed by atoms with Crippen LogP contribution in [-0.4, -0.2) is 33.8 Å². The number of aromatic nitrogens is 3. The first kappa shape index (κ1) is 15.0. The second kappa shape index (κ2) is 8.04. The first-order valence-corrected chi connectivity index (χ1v) is 7.25. The zero-order chi connectivity index (χ0) is 14.9. The fourth-order valence-corrected chi connectivity index (χ4v) is 1.90. The van der Waals surface area contributed by atoms with Gasteiger partial charge in [0, 0.05) is 43.8 Å². The minimum atomic E-state index is -0.0718. The van der Waals surface area contributed by atoms with Crippen molar-refractivity contribution in [2.24, 2.45) is 0 Å². The van der Waals surface area contributed by atoms with E-state index in [2.05, 4.69) is 27.6 Å². The van der Waals surface area contributed by atoms with E-state index in [1.54, 1.807) is 24.5 Å². The molecule has 0 unspecified atom stereocenters. The van der Waals surface area contributed by atoms with E-state index in [0.717, 1.165) is 31.7 Å². The monoisotopic (exact) mass is 287 g/mol. The summed E-state index contributed by atoms with van der Waals surface area (Å²) < 4.78 is 1.85. The number of amides is 1. The van der Waals surface area contributed by atoms with Gasteiger partial charge in [0.05, 0.1) is 0 Å². The van der Waals surface area contributed by atoms with Crippen LogP contribution in [-0.2, 0) is 6.54 Å². The van der Waals surface area contributed by atoms with Crippen molar-refractivity contribution in [3.63, 3.8) is 0 Å². The number of anilines is 1. The average Bonchev–Trinajstić information content (AvgIpc) is 3.03. The van der Waals surface area contributed by atoms with Gasteiger partial charge >= 0.3 is 0 Å². The molecule has 0 fully saturated rings. The van der Waals surface area contributed by atoms with Crippen LogP contribution in [0.2, 0.25) is 0 Å². The summed E-state index contributed by atoms with van der Waals surface area (Å²) in [5, 5.41) is 10.2. The molecule has 112 valence electrons. The molecular formula is C15H21N5O. The molecule has 6 heteroatoms. The predicted octanol–water partition coefficient (Wildman–Crippen LogP) is 1.92. The standard InChI is InChI=1S/C15H21N5O/c1-2-6-16-14-12-13(5-9-17-14)15(21)18-7-3-10-20-11-4-8-19-20/h4-5,8-9,11-12H,2-3,6-7,10H2,1H3,(H,16,17)(H,18,21). The Morgan fingerprint density at radius 2 is 2.24 bits per heavy atom. The van der Waals surface area contributed by atoms with E-state index >= 15 is 0 Å². The van der Waals surface area contributed by atoms with Gasteiger partial charge < -0.3 is 10.6 Å². The first-order valence-electron chi connectivity index (χ1n) is 7.25. The minimum Gasteiger partial charge on any atom is -0.370 e. The molecule has 21 heavy (non-hydrogen) atoms. The van der Waals surface area contributed by atoms with Crippen LogP contribution in [0.5, 0.6) is 0 Å². The third-order valence-corrected chi connectivity index (χ3v) is 2.99. The number of aryl methyl sites for hydroxylation is 1. The number of rotatable bonds is 8. The average molecular weight is 287 g/mol. The molecule has 2 aromatic heterocycles. The normalized spacial score (nSPS) is 10.3. The molecular weight excluding hydrogens is 266 g/mol. The van der Waals surface area contributed by atoms with Crippen LogP contribution in [0.4, 0.5) is 5.82 Å². The van der Waals surface area contributed by atoms with Crippen molar-refractivity contribution in [3.05, 3.63) is 42.4 Å². The Balaban J connectivity index is 1.77. The maximum atomic E-state index is 12.0. The summed E-state index contributed by atoms with van der Waals surface area (Å²) in [4.78, 5) is 16.2. The van der Waals surface area contributed by atoms with Crippen LogP contribution < -0.4 is 10.6 Å². The Bertz CT molecular complexity index is 553. The zero-order valence-corrected chi connectivity index (χ0v) is 12.2. The van der Waals surface area contributed by atoms with Crippen LogP contribution in [0.1, 0.15) is 30.1 Å². The highest BCUT2D eigenvalue weighted by Crippen LogP contribution is 2.06. The van der Waals surface area contributed by atoms with Crippen molar-refractivity contribution in [3.8, 4) is 0 Å². The highest BCUT2D eigenvalue weighted by molar-refractivity contribution is 5.94. The lowest BCUT2D eigenvalue weighted by molar-refractivity contribution is 0.0952. The summed E-state index contributed by atoms with van der Waals surface area (Å²) in [6.07, 6.45) is 7.18.